The first kappa shape index (κ1) is 17.9. The Morgan fingerprint density at radius 1 is 1.20 bits per heavy atom. The lowest BCUT2D eigenvalue weighted by molar-refractivity contribution is -0.0401. The van der Waals surface area contributed by atoms with Crippen LogP contribution in [0.3, 0.4) is 0 Å². The summed E-state index contributed by atoms with van der Waals surface area (Å²) in [5.41, 5.74) is 6.11. The van der Waals surface area contributed by atoms with Crippen molar-refractivity contribution in [2.75, 3.05) is 73.6 Å². The molecule has 1 aliphatic heterocycles. The summed E-state index contributed by atoms with van der Waals surface area (Å²) in [6.45, 7) is 12.6. The second-order valence-electron chi connectivity index (χ2n) is 6.53. The lowest BCUT2D eigenvalue weighted by Crippen LogP contribution is -2.65. The highest BCUT2D eigenvalue weighted by molar-refractivity contribution is 4.96. The van der Waals surface area contributed by atoms with Crippen LogP contribution in [-0.2, 0) is 4.74 Å². The first-order valence-corrected chi connectivity index (χ1v) is 7.77. The number of nitrogens with zero attached hydrogens (tertiary/aromatic N) is 3. The Balaban J connectivity index is 2.56. The van der Waals surface area contributed by atoms with E-state index >= 15 is 0 Å². The zero-order chi connectivity index (χ0) is 15.2. The fourth-order valence-electron chi connectivity index (χ4n) is 3.06. The van der Waals surface area contributed by atoms with Gasteiger partial charge in [0.25, 0.3) is 0 Å². The van der Waals surface area contributed by atoms with Crippen LogP contribution in [0.2, 0.25) is 0 Å². The molecule has 0 aliphatic carbocycles. The Kier molecular flexibility index (Phi) is 7.40. The molecule has 120 valence electrons. The SMILES string of the molecule is COCC(CN)(C(C)C)N1CCN(CCN(C)C)CC1. The van der Waals surface area contributed by atoms with Gasteiger partial charge in [-0.2, -0.15) is 0 Å². The van der Waals surface area contributed by atoms with Crippen LogP contribution in [0.15, 0.2) is 0 Å². The van der Waals surface area contributed by atoms with Crippen molar-refractivity contribution in [2.45, 2.75) is 19.4 Å². The van der Waals surface area contributed by atoms with Gasteiger partial charge in [0.1, 0.15) is 0 Å². The standard InChI is InChI=1S/C15H34N4O/c1-14(2)15(12-16,13-20-5)19-10-8-18(9-11-19)7-6-17(3)4/h14H,6-13,16H2,1-5H3. The van der Waals surface area contributed by atoms with E-state index in [0.29, 0.717) is 12.5 Å². The Hall–Kier alpha value is -0.200. The van der Waals surface area contributed by atoms with E-state index in [4.69, 9.17) is 10.5 Å². The zero-order valence-corrected chi connectivity index (χ0v) is 14.1. The molecule has 2 N–H and O–H groups in total. The molecule has 0 aromatic rings. The molecule has 1 unspecified atom stereocenters. The minimum absolute atomic E-state index is 0.0115. The predicted molar refractivity (Wildman–Crippen MR) is 85.1 cm³/mol. The zero-order valence-electron chi connectivity index (χ0n) is 14.1. The maximum atomic E-state index is 6.12. The van der Waals surface area contributed by atoms with Crippen molar-refractivity contribution < 1.29 is 4.74 Å². The molecule has 1 rings (SSSR count). The van der Waals surface area contributed by atoms with Crippen LogP contribution in [0.4, 0.5) is 0 Å². The van der Waals surface area contributed by atoms with Gasteiger partial charge in [0, 0.05) is 52.9 Å². The maximum absolute atomic E-state index is 6.12. The van der Waals surface area contributed by atoms with Crippen molar-refractivity contribution in [1.29, 1.82) is 0 Å². The minimum Gasteiger partial charge on any atom is -0.383 e. The smallest absolute Gasteiger partial charge is 0.0661 e. The van der Waals surface area contributed by atoms with Gasteiger partial charge in [-0.1, -0.05) is 13.8 Å². The van der Waals surface area contributed by atoms with Gasteiger partial charge in [-0.3, -0.25) is 9.80 Å². The summed E-state index contributed by atoms with van der Waals surface area (Å²) in [5.74, 6) is 0.501. The lowest BCUT2D eigenvalue weighted by Gasteiger charge is -2.49. The Morgan fingerprint density at radius 3 is 2.20 bits per heavy atom. The van der Waals surface area contributed by atoms with E-state index in [1.165, 1.54) is 0 Å². The van der Waals surface area contributed by atoms with Crippen molar-refractivity contribution in [2.24, 2.45) is 11.7 Å². The van der Waals surface area contributed by atoms with E-state index in [1.54, 1.807) is 7.11 Å². The molecular formula is C15H34N4O. The molecule has 1 saturated heterocycles. The van der Waals surface area contributed by atoms with Crippen LogP contribution in [-0.4, -0.2) is 93.9 Å². The van der Waals surface area contributed by atoms with Gasteiger partial charge < -0.3 is 15.4 Å². The van der Waals surface area contributed by atoms with Gasteiger partial charge in [0.05, 0.1) is 12.1 Å². The molecule has 0 aromatic heterocycles. The maximum Gasteiger partial charge on any atom is 0.0661 e. The molecule has 0 amide bonds. The van der Waals surface area contributed by atoms with Crippen LogP contribution in [0.5, 0.6) is 0 Å². The highest BCUT2D eigenvalue weighted by Crippen LogP contribution is 2.26. The van der Waals surface area contributed by atoms with Crippen molar-refractivity contribution in [3.8, 4) is 0 Å². The molecule has 5 heteroatoms. The fraction of sp³-hybridized carbons (Fsp3) is 1.00. The second-order valence-corrected chi connectivity index (χ2v) is 6.53. The van der Waals surface area contributed by atoms with E-state index in [2.05, 4.69) is 42.6 Å². The first-order chi connectivity index (χ1) is 9.46. The summed E-state index contributed by atoms with van der Waals surface area (Å²) >= 11 is 0. The molecule has 0 radical (unpaired) electrons. The van der Waals surface area contributed by atoms with E-state index in [-0.39, 0.29) is 5.54 Å². The summed E-state index contributed by atoms with van der Waals surface area (Å²) < 4.78 is 5.48. The molecule has 0 bridgehead atoms. The largest absolute Gasteiger partial charge is 0.383 e. The van der Waals surface area contributed by atoms with Crippen molar-refractivity contribution in [3.63, 3.8) is 0 Å². The van der Waals surface area contributed by atoms with Crippen molar-refractivity contribution in [1.82, 2.24) is 14.7 Å². The van der Waals surface area contributed by atoms with E-state index < -0.39 is 0 Å². The van der Waals surface area contributed by atoms with Gasteiger partial charge in [0.15, 0.2) is 0 Å². The third-order valence-electron chi connectivity index (χ3n) is 4.69. The number of likely N-dealkylation sites (N-methyl/N-ethyl adjacent to an activating group) is 1. The Labute approximate surface area is 125 Å². The Morgan fingerprint density at radius 2 is 1.80 bits per heavy atom. The molecule has 0 saturated carbocycles. The van der Waals surface area contributed by atoms with Gasteiger partial charge in [-0.05, 0) is 20.0 Å². The second kappa shape index (κ2) is 8.29. The quantitative estimate of drug-likeness (QED) is 0.689. The summed E-state index contributed by atoms with van der Waals surface area (Å²) in [6, 6.07) is 0. The molecule has 20 heavy (non-hydrogen) atoms. The third kappa shape index (κ3) is 4.40. The van der Waals surface area contributed by atoms with Crippen LogP contribution in [0, 0.1) is 5.92 Å². The van der Waals surface area contributed by atoms with Gasteiger partial charge in [0.2, 0.25) is 0 Å². The number of nitrogens with two attached hydrogens (primary N) is 1. The van der Waals surface area contributed by atoms with Crippen LogP contribution < -0.4 is 5.73 Å². The fourth-order valence-corrected chi connectivity index (χ4v) is 3.06. The molecule has 5 nitrogen and oxygen atoms in total. The third-order valence-corrected chi connectivity index (χ3v) is 4.69. The highest BCUT2D eigenvalue weighted by Gasteiger charge is 2.40. The normalized spacial score (nSPS) is 21.6. The summed E-state index contributed by atoms with van der Waals surface area (Å²) in [5, 5.41) is 0. The van der Waals surface area contributed by atoms with Crippen molar-refractivity contribution >= 4 is 0 Å². The predicted octanol–water partition coefficient (Wildman–Crippen LogP) is 0.166. The highest BCUT2D eigenvalue weighted by atomic mass is 16.5. The molecule has 1 aliphatic rings. The molecule has 1 heterocycles. The van der Waals surface area contributed by atoms with Crippen LogP contribution in [0.25, 0.3) is 0 Å². The molecule has 0 aromatic carbocycles. The topological polar surface area (TPSA) is 45.0 Å². The van der Waals surface area contributed by atoms with Crippen molar-refractivity contribution in [3.05, 3.63) is 0 Å². The summed E-state index contributed by atoms with van der Waals surface area (Å²) in [4.78, 5) is 7.34. The van der Waals surface area contributed by atoms with Crippen LogP contribution >= 0.6 is 0 Å². The van der Waals surface area contributed by atoms with E-state index in [0.717, 1.165) is 45.9 Å². The number of piperazine rings is 1. The van der Waals surface area contributed by atoms with Gasteiger partial charge >= 0.3 is 0 Å². The average Bonchev–Trinajstić information content (AvgIpc) is 2.43. The monoisotopic (exact) mass is 286 g/mol. The Bertz CT molecular complexity index is 265. The molecule has 1 atom stereocenters. The number of ether oxygens (including phenoxy) is 1. The number of methoxy groups -OCH3 is 1. The minimum atomic E-state index is -0.0115. The van der Waals surface area contributed by atoms with Gasteiger partial charge in [-0.15, -0.1) is 0 Å². The molecule has 1 fully saturated rings. The van der Waals surface area contributed by atoms with Crippen LogP contribution in [0.1, 0.15) is 13.8 Å². The number of hydrogen-bond acceptors (Lipinski definition) is 5. The summed E-state index contributed by atoms with van der Waals surface area (Å²) in [7, 11) is 6.04. The van der Waals surface area contributed by atoms with Gasteiger partial charge in [-0.25, -0.2) is 0 Å². The van der Waals surface area contributed by atoms with E-state index in [1.807, 2.05) is 0 Å². The van der Waals surface area contributed by atoms with E-state index in [9.17, 15) is 0 Å². The lowest BCUT2D eigenvalue weighted by atomic mass is 9.84. The number of hydrogen-bond donors (Lipinski definition) is 1. The first-order valence-electron chi connectivity index (χ1n) is 7.77. The number of rotatable bonds is 8. The molecular weight excluding hydrogens is 252 g/mol. The molecule has 0 spiro atoms. The summed E-state index contributed by atoms with van der Waals surface area (Å²) in [6.07, 6.45) is 0. The average molecular weight is 286 g/mol.